The van der Waals surface area contributed by atoms with E-state index < -0.39 is 10.0 Å². The quantitative estimate of drug-likeness (QED) is 0.843. The molecule has 0 unspecified atom stereocenters. The molecule has 0 aliphatic carbocycles. The van der Waals surface area contributed by atoms with Gasteiger partial charge < -0.3 is 5.73 Å². The highest BCUT2D eigenvalue weighted by molar-refractivity contribution is 7.93. The van der Waals surface area contributed by atoms with E-state index in [4.69, 9.17) is 28.9 Å². The molecule has 0 saturated carbocycles. The Morgan fingerprint density at radius 3 is 2.45 bits per heavy atom. The number of hydrogen-bond donors (Lipinski definition) is 2. The van der Waals surface area contributed by atoms with Gasteiger partial charge in [0.05, 0.1) is 21.4 Å². The van der Waals surface area contributed by atoms with E-state index in [1.807, 2.05) is 6.92 Å². The van der Waals surface area contributed by atoms with Crippen LogP contribution in [0.4, 0.5) is 11.4 Å². The van der Waals surface area contributed by atoms with Crippen LogP contribution < -0.4 is 10.5 Å². The zero-order chi connectivity index (χ0) is 14.9. The lowest BCUT2D eigenvalue weighted by molar-refractivity contribution is 0.601. The van der Waals surface area contributed by atoms with Gasteiger partial charge in [-0.3, -0.25) is 4.72 Å². The molecule has 0 aliphatic heterocycles. The molecule has 0 radical (unpaired) electrons. The van der Waals surface area contributed by atoms with Crippen LogP contribution >= 0.6 is 23.2 Å². The Kier molecular flexibility index (Phi) is 4.13. The minimum atomic E-state index is -3.91. The van der Waals surface area contributed by atoms with Crippen molar-refractivity contribution < 1.29 is 8.42 Å². The summed E-state index contributed by atoms with van der Waals surface area (Å²) in [5, 5.41) is 0.353. The lowest BCUT2D eigenvalue weighted by atomic mass is 10.2. The van der Waals surface area contributed by atoms with Gasteiger partial charge in [-0.05, 0) is 36.8 Å². The fraction of sp³-hybridized carbons (Fsp3) is 0.0769. The van der Waals surface area contributed by atoms with Crippen molar-refractivity contribution in [1.29, 1.82) is 0 Å². The summed E-state index contributed by atoms with van der Waals surface area (Å²) in [5.74, 6) is 0. The van der Waals surface area contributed by atoms with E-state index in [0.717, 1.165) is 5.56 Å². The zero-order valence-corrected chi connectivity index (χ0v) is 12.9. The first-order valence-electron chi connectivity index (χ1n) is 5.64. The number of nitrogens with one attached hydrogen (secondary N) is 1. The van der Waals surface area contributed by atoms with Gasteiger partial charge in [-0.1, -0.05) is 35.3 Å². The van der Waals surface area contributed by atoms with Gasteiger partial charge in [-0.2, -0.15) is 0 Å². The molecule has 0 atom stereocenters. The molecule has 0 amide bonds. The van der Waals surface area contributed by atoms with Crippen molar-refractivity contribution in [1.82, 2.24) is 0 Å². The van der Waals surface area contributed by atoms with Gasteiger partial charge in [0.25, 0.3) is 10.0 Å². The third-order valence-corrected chi connectivity index (χ3v) is 4.87. The molecule has 0 fully saturated rings. The first kappa shape index (κ1) is 15.0. The summed E-state index contributed by atoms with van der Waals surface area (Å²) >= 11 is 11.9. The van der Waals surface area contributed by atoms with E-state index in [1.165, 1.54) is 12.1 Å². The van der Waals surface area contributed by atoms with E-state index in [2.05, 4.69) is 4.72 Å². The number of hydrogen-bond acceptors (Lipinski definition) is 3. The van der Waals surface area contributed by atoms with E-state index in [9.17, 15) is 8.42 Å². The molecule has 0 heterocycles. The number of nitrogens with two attached hydrogens (primary N) is 1. The molecule has 2 aromatic rings. The second-order valence-electron chi connectivity index (χ2n) is 4.25. The van der Waals surface area contributed by atoms with Crippen LogP contribution in [-0.4, -0.2) is 8.42 Å². The number of rotatable bonds is 3. The van der Waals surface area contributed by atoms with Crippen molar-refractivity contribution in [2.75, 3.05) is 10.5 Å². The van der Waals surface area contributed by atoms with Crippen LogP contribution in [0.15, 0.2) is 41.3 Å². The minimum absolute atomic E-state index is 0.0567. The minimum Gasteiger partial charge on any atom is -0.398 e. The maximum absolute atomic E-state index is 12.4. The standard InChI is InChI=1S/C13H12Cl2N2O2S/c1-8-5-6-9(14)12(7-8)17-20(18,19)13-10(15)3-2-4-11(13)16/h2-7,17H,16H2,1H3. The fourth-order valence-corrected chi connectivity index (χ4v) is 3.69. The third-order valence-electron chi connectivity index (χ3n) is 2.63. The number of nitrogen functional groups attached to an aromatic ring is 1. The van der Waals surface area contributed by atoms with Crippen LogP contribution in [0.2, 0.25) is 10.0 Å². The maximum Gasteiger partial charge on any atom is 0.265 e. The first-order valence-corrected chi connectivity index (χ1v) is 7.88. The average Bonchev–Trinajstić information content (AvgIpc) is 2.33. The smallest absolute Gasteiger partial charge is 0.265 e. The van der Waals surface area contributed by atoms with Gasteiger partial charge in [-0.15, -0.1) is 0 Å². The molecule has 0 aliphatic rings. The normalized spacial score (nSPS) is 11.3. The van der Waals surface area contributed by atoms with E-state index in [0.29, 0.717) is 5.02 Å². The topological polar surface area (TPSA) is 72.2 Å². The SMILES string of the molecule is Cc1ccc(Cl)c(NS(=O)(=O)c2c(N)cccc2Cl)c1. The Morgan fingerprint density at radius 1 is 1.10 bits per heavy atom. The Morgan fingerprint density at radius 2 is 1.80 bits per heavy atom. The molecular formula is C13H12Cl2N2O2S. The van der Waals surface area contributed by atoms with Crippen molar-refractivity contribution in [2.45, 2.75) is 11.8 Å². The van der Waals surface area contributed by atoms with Crippen molar-refractivity contribution >= 4 is 44.6 Å². The van der Waals surface area contributed by atoms with Crippen molar-refractivity contribution in [3.8, 4) is 0 Å². The second-order valence-corrected chi connectivity index (χ2v) is 6.68. The van der Waals surface area contributed by atoms with Crippen LogP contribution in [-0.2, 0) is 10.0 Å². The monoisotopic (exact) mass is 330 g/mol. The van der Waals surface area contributed by atoms with E-state index in [1.54, 1.807) is 24.3 Å². The van der Waals surface area contributed by atoms with Gasteiger partial charge in [0.15, 0.2) is 0 Å². The number of sulfonamides is 1. The van der Waals surface area contributed by atoms with Gasteiger partial charge in [-0.25, -0.2) is 8.42 Å². The number of benzene rings is 2. The summed E-state index contributed by atoms with van der Waals surface area (Å²) in [6.45, 7) is 1.83. The highest BCUT2D eigenvalue weighted by atomic mass is 35.5. The van der Waals surface area contributed by atoms with Crippen molar-refractivity contribution in [2.24, 2.45) is 0 Å². The van der Waals surface area contributed by atoms with E-state index in [-0.39, 0.29) is 21.3 Å². The zero-order valence-electron chi connectivity index (χ0n) is 10.5. The number of aryl methyl sites for hydroxylation is 1. The fourth-order valence-electron chi connectivity index (χ4n) is 1.72. The summed E-state index contributed by atoms with van der Waals surface area (Å²) in [7, 11) is -3.91. The molecule has 2 rings (SSSR count). The summed E-state index contributed by atoms with van der Waals surface area (Å²) in [4.78, 5) is -0.153. The van der Waals surface area contributed by atoms with E-state index >= 15 is 0 Å². The molecule has 2 aromatic carbocycles. The average molecular weight is 331 g/mol. The van der Waals surface area contributed by atoms with Crippen molar-refractivity contribution in [3.05, 3.63) is 52.0 Å². The van der Waals surface area contributed by atoms with Gasteiger partial charge >= 0.3 is 0 Å². The number of halogens is 2. The molecule has 0 bridgehead atoms. The highest BCUT2D eigenvalue weighted by Gasteiger charge is 2.22. The van der Waals surface area contributed by atoms with Gasteiger partial charge in [0.2, 0.25) is 0 Å². The highest BCUT2D eigenvalue weighted by Crippen LogP contribution is 2.31. The lowest BCUT2D eigenvalue weighted by Crippen LogP contribution is -2.15. The largest absolute Gasteiger partial charge is 0.398 e. The summed E-state index contributed by atoms with van der Waals surface area (Å²) < 4.78 is 27.1. The first-order chi connectivity index (χ1) is 9.31. The Balaban J connectivity index is 2.49. The van der Waals surface area contributed by atoms with Gasteiger partial charge in [0, 0.05) is 0 Å². The molecule has 7 heteroatoms. The predicted molar refractivity (Wildman–Crippen MR) is 82.9 cm³/mol. The summed E-state index contributed by atoms with van der Waals surface area (Å²) in [6.07, 6.45) is 0. The van der Waals surface area contributed by atoms with Crippen LogP contribution in [0.5, 0.6) is 0 Å². The van der Waals surface area contributed by atoms with Crippen molar-refractivity contribution in [3.63, 3.8) is 0 Å². The molecule has 0 spiro atoms. The second kappa shape index (κ2) is 5.52. The molecule has 106 valence electrons. The molecule has 3 N–H and O–H groups in total. The third kappa shape index (κ3) is 3.00. The summed E-state index contributed by atoms with van der Waals surface area (Å²) in [6, 6.07) is 9.54. The van der Waals surface area contributed by atoms with Gasteiger partial charge in [0.1, 0.15) is 4.90 Å². The maximum atomic E-state index is 12.4. The number of anilines is 2. The Bertz CT molecular complexity index is 741. The predicted octanol–water partition coefficient (Wildman–Crippen LogP) is 3.68. The van der Waals surface area contributed by atoms with Crippen LogP contribution in [0, 0.1) is 6.92 Å². The van der Waals surface area contributed by atoms with Crippen LogP contribution in [0.3, 0.4) is 0 Å². The van der Waals surface area contributed by atoms with Crippen LogP contribution in [0.1, 0.15) is 5.56 Å². The molecule has 0 aromatic heterocycles. The molecular weight excluding hydrogens is 319 g/mol. The summed E-state index contributed by atoms with van der Waals surface area (Å²) in [5.41, 5.74) is 6.93. The lowest BCUT2D eigenvalue weighted by Gasteiger charge is -2.13. The van der Waals surface area contributed by atoms with Crippen LogP contribution in [0.25, 0.3) is 0 Å². The Hall–Kier alpha value is -1.43. The molecule has 0 saturated heterocycles. The molecule has 20 heavy (non-hydrogen) atoms. The molecule has 4 nitrogen and oxygen atoms in total. The Labute approximate surface area is 127 Å².